The number of carbonyl (C=O) groups excluding carboxylic acids is 1. The molecule has 0 saturated heterocycles. The van der Waals surface area contributed by atoms with Gasteiger partial charge in [-0.1, -0.05) is 0 Å². The number of amides is 1. The number of carboxylic acids is 1. The fourth-order valence-corrected chi connectivity index (χ4v) is 1.72. The summed E-state index contributed by atoms with van der Waals surface area (Å²) in [7, 11) is 3.16. The molecule has 0 aliphatic heterocycles. The summed E-state index contributed by atoms with van der Waals surface area (Å²) < 4.78 is 1.60. The Bertz CT molecular complexity index is 453. The maximum atomic E-state index is 11.7. The fourth-order valence-electron chi connectivity index (χ4n) is 1.72. The molecule has 0 aliphatic carbocycles. The van der Waals surface area contributed by atoms with Gasteiger partial charge in [0.2, 0.25) is 5.91 Å². The lowest BCUT2D eigenvalue weighted by molar-refractivity contribution is -0.154. The summed E-state index contributed by atoms with van der Waals surface area (Å²) in [6.45, 7) is 3.23. The molecule has 0 aromatic carbocycles. The Labute approximate surface area is 99.6 Å². The number of nitrogens with zero attached hydrogens (tertiary/aromatic N) is 2. The van der Waals surface area contributed by atoms with Crippen LogP contribution >= 0.6 is 0 Å². The molecule has 0 spiro atoms. The maximum Gasteiger partial charge on any atom is 0.319 e. The number of rotatable bonds is 4. The molecule has 0 fully saturated rings. The molecule has 0 bridgehead atoms. The summed E-state index contributed by atoms with van der Waals surface area (Å²) in [5.41, 5.74) is 0.0396. The first-order chi connectivity index (χ1) is 7.81. The summed E-state index contributed by atoms with van der Waals surface area (Å²) in [5.74, 6) is -1.65. The molecule has 1 aromatic heterocycles. The first-order valence-corrected chi connectivity index (χ1v) is 5.26. The van der Waals surface area contributed by atoms with Gasteiger partial charge in [-0.3, -0.25) is 14.3 Å². The van der Waals surface area contributed by atoms with Gasteiger partial charge >= 0.3 is 5.97 Å². The van der Waals surface area contributed by atoms with E-state index < -0.39 is 17.3 Å². The van der Waals surface area contributed by atoms with E-state index in [1.807, 2.05) is 6.92 Å². The highest BCUT2D eigenvalue weighted by Gasteiger charge is 2.41. The minimum Gasteiger partial charge on any atom is -0.480 e. The molecule has 1 amide bonds. The molecule has 2 N–H and O–H groups in total. The predicted octanol–water partition coefficient (Wildman–Crippen LogP) is 0.108. The molecule has 1 heterocycles. The average Bonchev–Trinajstić information content (AvgIpc) is 2.55. The van der Waals surface area contributed by atoms with Crippen LogP contribution in [0.4, 0.5) is 0 Å². The number of carboxylic acid groups (broad SMARTS) is 1. The minimum atomic E-state index is -1.48. The summed E-state index contributed by atoms with van der Waals surface area (Å²) in [6, 6.07) is 1.78. The minimum absolute atomic E-state index is 0.110. The van der Waals surface area contributed by atoms with Gasteiger partial charge in [0.1, 0.15) is 5.41 Å². The first kappa shape index (κ1) is 13.2. The third-order valence-electron chi connectivity index (χ3n) is 2.83. The van der Waals surface area contributed by atoms with Crippen molar-refractivity contribution in [3.05, 3.63) is 17.5 Å². The van der Waals surface area contributed by atoms with Gasteiger partial charge in [0.05, 0.1) is 5.69 Å². The van der Waals surface area contributed by atoms with Crippen molar-refractivity contribution in [1.29, 1.82) is 0 Å². The van der Waals surface area contributed by atoms with Crippen molar-refractivity contribution in [2.24, 2.45) is 12.5 Å². The van der Waals surface area contributed by atoms with Crippen LogP contribution in [0.2, 0.25) is 0 Å². The van der Waals surface area contributed by atoms with Gasteiger partial charge in [0, 0.05) is 26.2 Å². The molecular weight excluding hydrogens is 222 g/mol. The summed E-state index contributed by atoms with van der Waals surface area (Å²) in [5, 5.41) is 15.7. The lowest BCUT2D eigenvalue weighted by Gasteiger charge is -2.22. The molecule has 1 atom stereocenters. The van der Waals surface area contributed by atoms with Crippen LogP contribution in [0.25, 0.3) is 0 Å². The van der Waals surface area contributed by atoms with E-state index in [-0.39, 0.29) is 6.42 Å². The van der Waals surface area contributed by atoms with E-state index >= 15 is 0 Å². The zero-order chi connectivity index (χ0) is 13.2. The second kappa shape index (κ2) is 4.57. The van der Waals surface area contributed by atoms with Gasteiger partial charge in [-0.2, -0.15) is 5.10 Å². The fraction of sp³-hybridized carbons (Fsp3) is 0.545. The standard InChI is InChI=1S/C11H17N3O3/c1-7-5-8(14(4)13-7)6-11(2,10(16)17)9(15)12-3/h5H,6H2,1-4H3,(H,12,15)(H,16,17). The van der Waals surface area contributed by atoms with Crippen molar-refractivity contribution < 1.29 is 14.7 Å². The number of hydrogen-bond acceptors (Lipinski definition) is 3. The Kier molecular flexibility index (Phi) is 3.55. The molecule has 6 heteroatoms. The Morgan fingerprint density at radius 3 is 2.53 bits per heavy atom. The Morgan fingerprint density at radius 1 is 1.59 bits per heavy atom. The highest BCUT2D eigenvalue weighted by Crippen LogP contribution is 2.23. The Balaban J connectivity index is 3.07. The molecular formula is C11H17N3O3. The van der Waals surface area contributed by atoms with Crippen molar-refractivity contribution >= 4 is 11.9 Å². The summed E-state index contributed by atoms with van der Waals surface area (Å²) >= 11 is 0. The smallest absolute Gasteiger partial charge is 0.319 e. The van der Waals surface area contributed by atoms with Crippen molar-refractivity contribution in [2.75, 3.05) is 7.05 Å². The third-order valence-corrected chi connectivity index (χ3v) is 2.83. The maximum absolute atomic E-state index is 11.7. The van der Waals surface area contributed by atoms with Crippen LogP contribution in [0.1, 0.15) is 18.3 Å². The van der Waals surface area contributed by atoms with Gasteiger partial charge in [0.25, 0.3) is 0 Å². The molecule has 1 unspecified atom stereocenters. The molecule has 0 aliphatic rings. The molecule has 94 valence electrons. The van der Waals surface area contributed by atoms with Crippen LogP contribution < -0.4 is 5.32 Å². The number of aliphatic carboxylic acids is 1. The van der Waals surface area contributed by atoms with E-state index in [0.29, 0.717) is 0 Å². The van der Waals surface area contributed by atoms with Crippen LogP contribution in [0.15, 0.2) is 6.07 Å². The van der Waals surface area contributed by atoms with Crippen LogP contribution in [0, 0.1) is 12.3 Å². The quantitative estimate of drug-likeness (QED) is 0.730. The average molecular weight is 239 g/mol. The third kappa shape index (κ3) is 2.46. The van der Waals surface area contributed by atoms with Crippen molar-refractivity contribution in [3.8, 4) is 0 Å². The zero-order valence-corrected chi connectivity index (χ0v) is 10.4. The topological polar surface area (TPSA) is 84.2 Å². The molecule has 0 radical (unpaired) electrons. The second-order valence-corrected chi connectivity index (χ2v) is 4.29. The van der Waals surface area contributed by atoms with E-state index in [2.05, 4.69) is 10.4 Å². The highest BCUT2D eigenvalue weighted by molar-refractivity contribution is 6.01. The van der Waals surface area contributed by atoms with Crippen molar-refractivity contribution in [2.45, 2.75) is 20.3 Å². The van der Waals surface area contributed by atoms with E-state index in [1.165, 1.54) is 14.0 Å². The molecule has 0 saturated carbocycles. The normalized spacial score (nSPS) is 14.1. The molecule has 1 rings (SSSR count). The number of aryl methyl sites for hydroxylation is 2. The van der Waals surface area contributed by atoms with Crippen LogP contribution in [0.3, 0.4) is 0 Å². The lowest BCUT2D eigenvalue weighted by Crippen LogP contribution is -2.45. The zero-order valence-electron chi connectivity index (χ0n) is 10.4. The van der Waals surface area contributed by atoms with Gasteiger partial charge in [0.15, 0.2) is 0 Å². The molecule has 1 aromatic rings. The second-order valence-electron chi connectivity index (χ2n) is 4.29. The summed E-state index contributed by atoms with van der Waals surface area (Å²) in [6.07, 6.45) is 0.110. The number of aromatic nitrogens is 2. The van der Waals surface area contributed by atoms with Gasteiger partial charge in [-0.25, -0.2) is 0 Å². The van der Waals surface area contributed by atoms with E-state index in [4.69, 9.17) is 0 Å². The largest absolute Gasteiger partial charge is 0.480 e. The molecule has 6 nitrogen and oxygen atoms in total. The van der Waals surface area contributed by atoms with Gasteiger partial charge in [-0.15, -0.1) is 0 Å². The lowest BCUT2D eigenvalue weighted by atomic mass is 9.84. The molecule has 17 heavy (non-hydrogen) atoms. The predicted molar refractivity (Wildman–Crippen MR) is 61.5 cm³/mol. The van der Waals surface area contributed by atoms with Crippen LogP contribution in [0.5, 0.6) is 0 Å². The van der Waals surface area contributed by atoms with Gasteiger partial charge in [-0.05, 0) is 19.9 Å². The highest BCUT2D eigenvalue weighted by atomic mass is 16.4. The van der Waals surface area contributed by atoms with E-state index in [0.717, 1.165) is 11.4 Å². The Hall–Kier alpha value is -1.85. The Morgan fingerprint density at radius 2 is 2.18 bits per heavy atom. The number of carbonyl (C=O) groups is 2. The van der Waals surface area contributed by atoms with E-state index in [1.54, 1.807) is 17.8 Å². The van der Waals surface area contributed by atoms with Crippen molar-refractivity contribution in [1.82, 2.24) is 15.1 Å². The number of hydrogen-bond donors (Lipinski definition) is 2. The monoisotopic (exact) mass is 239 g/mol. The number of nitrogens with one attached hydrogen (secondary N) is 1. The van der Waals surface area contributed by atoms with Crippen LogP contribution in [-0.4, -0.2) is 33.8 Å². The van der Waals surface area contributed by atoms with E-state index in [9.17, 15) is 14.7 Å². The SMILES string of the molecule is CNC(=O)C(C)(Cc1cc(C)nn1C)C(=O)O. The summed E-state index contributed by atoms with van der Waals surface area (Å²) in [4.78, 5) is 22.9. The van der Waals surface area contributed by atoms with Crippen LogP contribution in [-0.2, 0) is 23.1 Å². The van der Waals surface area contributed by atoms with Gasteiger partial charge < -0.3 is 10.4 Å². The first-order valence-electron chi connectivity index (χ1n) is 5.26. The van der Waals surface area contributed by atoms with Crippen molar-refractivity contribution in [3.63, 3.8) is 0 Å².